The maximum Gasteiger partial charge on any atom is 0.321 e. The van der Waals surface area contributed by atoms with Gasteiger partial charge in [0.05, 0.1) is 0 Å². The minimum atomic E-state index is -1.92. The standard InChI is InChI=1S/C19H28O5/c1-17(2,3)12-8-11(9-13(14(12)20)18(4,5)6)10-19(7,15(21)22)16(23)24/h8-9,20H,10H2,1-7H3,(H,21,22)(H,23,24). The molecule has 24 heavy (non-hydrogen) atoms. The van der Waals surface area contributed by atoms with Crippen molar-refractivity contribution in [1.82, 2.24) is 0 Å². The van der Waals surface area contributed by atoms with Crippen molar-refractivity contribution in [2.75, 3.05) is 0 Å². The lowest BCUT2D eigenvalue weighted by atomic mass is 9.76. The zero-order valence-electron chi connectivity index (χ0n) is 15.5. The van der Waals surface area contributed by atoms with Crippen LogP contribution in [0.25, 0.3) is 0 Å². The monoisotopic (exact) mass is 336 g/mol. The summed E-state index contributed by atoms with van der Waals surface area (Å²) < 4.78 is 0. The van der Waals surface area contributed by atoms with Crippen LogP contribution in [0.2, 0.25) is 0 Å². The summed E-state index contributed by atoms with van der Waals surface area (Å²) in [4.78, 5) is 22.9. The fourth-order valence-electron chi connectivity index (χ4n) is 2.59. The maximum absolute atomic E-state index is 11.5. The van der Waals surface area contributed by atoms with E-state index in [1.807, 2.05) is 41.5 Å². The third kappa shape index (κ3) is 3.89. The van der Waals surface area contributed by atoms with Crippen molar-refractivity contribution in [3.05, 3.63) is 28.8 Å². The maximum atomic E-state index is 11.5. The Labute approximate surface area is 143 Å². The van der Waals surface area contributed by atoms with Crippen LogP contribution in [-0.4, -0.2) is 27.3 Å². The number of carboxylic acids is 2. The Morgan fingerprint density at radius 1 is 0.833 bits per heavy atom. The van der Waals surface area contributed by atoms with Crippen molar-refractivity contribution in [1.29, 1.82) is 0 Å². The molecule has 0 spiro atoms. The third-order valence-electron chi connectivity index (χ3n) is 4.29. The zero-order valence-corrected chi connectivity index (χ0v) is 15.5. The minimum absolute atomic E-state index is 0.149. The van der Waals surface area contributed by atoms with Gasteiger partial charge in [-0.05, 0) is 40.9 Å². The van der Waals surface area contributed by atoms with Crippen LogP contribution in [-0.2, 0) is 26.8 Å². The summed E-state index contributed by atoms with van der Waals surface area (Å²) in [5.41, 5.74) is -0.672. The summed E-state index contributed by atoms with van der Waals surface area (Å²) in [7, 11) is 0. The number of carboxylic acid groups (broad SMARTS) is 2. The molecule has 5 heteroatoms. The van der Waals surface area contributed by atoms with E-state index in [2.05, 4.69) is 0 Å². The second-order valence-electron chi connectivity index (χ2n) is 8.66. The molecule has 5 nitrogen and oxygen atoms in total. The van der Waals surface area contributed by atoms with Crippen LogP contribution in [0.1, 0.15) is 65.2 Å². The predicted octanol–water partition coefficient (Wildman–Crippen LogP) is 3.71. The lowest BCUT2D eigenvalue weighted by Crippen LogP contribution is -2.38. The van der Waals surface area contributed by atoms with Gasteiger partial charge in [0.25, 0.3) is 0 Å². The summed E-state index contributed by atoms with van der Waals surface area (Å²) in [5, 5.41) is 29.4. The molecule has 0 aliphatic heterocycles. The van der Waals surface area contributed by atoms with Crippen LogP contribution in [0.3, 0.4) is 0 Å². The van der Waals surface area contributed by atoms with Crippen molar-refractivity contribution in [3.63, 3.8) is 0 Å². The number of phenols is 1. The number of phenolic OH excluding ortho intramolecular Hbond substituents is 1. The molecule has 0 saturated carbocycles. The Hall–Kier alpha value is -2.04. The summed E-state index contributed by atoms with van der Waals surface area (Å²) in [6.45, 7) is 12.9. The van der Waals surface area contributed by atoms with E-state index in [1.54, 1.807) is 12.1 Å². The van der Waals surface area contributed by atoms with Crippen LogP contribution in [0.5, 0.6) is 5.75 Å². The smallest absolute Gasteiger partial charge is 0.321 e. The molecule has 0 fully saturated rings. The van der Waals surface area contributed by atoms with Gasteiger partial charge in [-0.1, -0.05) is 53.7 Å². The van der Waals surface area contributed by atoms with Crippen LogP contribution < -0.4 is 0 Å². The molecule has 1 rings (SSSR count). The Balaban J connectivity index is 3.61. The first kappa shape index (κ1) is 20.0. The van der Waals surface area contributed by atoms with Gasteiger partial charge in [-0.15, -0.1) is 0 Å². The summed E-state index contributed by atoms with van der Waals surface area (Å²) >= 11 is 0. The predicted molar refractivity (Wildman–Crippen MR) is 92.6 cm³/mol. The van der Waals surface area contributed by atoms with Gasteiger partial charge in [0.15, 0.2) is 5.41 Å². The fourth-order valence-corrected chi connectivity index (χ4v) is 2.59. The van der Waals surface area contributed by atoms with Crippen LogP contribution in [0.4, 0.5) is 0 Å². The third-order valence-corrected chi connectivity index (χ3v) is 4.29. The van der Waals surface area contributed by atoms with E-state index in [-0.39, 0.29) is 23.0 Å². The molecule has 0 unspecified atom stereocenters. The van der Waals surface area contributed by atoms with Gasteiger partial charge in [0.2, 0.25) is 0 Å². The number of aliphatic carboxylic acids is 2. The van der Waals surface area contributed by atoms with E-state index in [0.29, 0.717) is 16.7 Å². The van der Waals surface area contributed by atoms with Crippen molar-refractivity contribution >= 4 is 11.9 Å². The Bertz CT molecular complexity index is 610. The molecule has 0 aliphatic carbocycles. The number of aromatic hydroxyl groups is 1. The highest BCUT2D eigenvalue weighted by Crippen LogP contribution is 2.40. The molecular formula is C19H28O5. The van der Waals surface area contributed by atoms with E-state index < -0.39 is 17.4 Å². The zero-order chi connectivity index (χ0) is 19.1. The molecule has 0 saturated heterocycles. The molecule has 0 aliphatic rings. The molecule has 0 amide bonds. The largest absolute Gasteiger partial charge is 0.507 e. The average Bonchev–Trinajstić information content (AvgIpc) is 2.37. The van der Waals surface area contributed by atoms with Gasteiger partial charge >= 0.3 is 11.9 Å². The molecule has 0 radical (unpaired) electrons. The highest BCUT2D eigenvalue weighted by atomic mass is 16.4. The first-order valence-corrected chi connectivity index (χ1v) is 7.94. The number of carbonyl (C=O) groups is 2. The average molecular weight is 336 g/mol. The topological polar surface area (TPSA) is 94.8 Å². The Kier molecular flexibility index (Phi) is 5.10. The Morgan fingerprint density at radius 3 is 1.42 bits per heavy atom. The quantitative estimate of drug-likeness (QED) is 0.729. The van der Waals surface area contributed by atoms with Gasteiger partial charge in [-0.25, -0.2) is 0 Å². The second kappa shape index (κ2) is 6.11. The first-order chi connectivity index (χ1) is 10.6. The summed E-state index contributed by atoms with van der Waals surface area (Å²) in [6, 6.07) is 3.43. The van der Waals surface area contributed by atoms with E-state index in [0.717, 1.165) is 0 Å². The van der Waals surface area contributed by atoms with E-state index in [9.17, 15) is 24.9 Å². The van der Waals surface area contributed by atoms with Crippen molar-refractivity contribution in [3.8, 4) is 5.75 Å². The van der Waals surface area contributed by atoms with Gasteiger partial charge < -0.3 is 15.3 Å². The molecular weight excluding hydrogens is 308 g/mol. The molecule has 1 aromatic rings. The van der Waals surface area contributed by atoms with Crippen molar-refractivity contribution in [2.45, 2.75) is 65.7 Å². The lowest BCUT2D eigenvalue weighted by Gasteiger charge is -2.29. The lowest BCUT2D eigenvalue weighted by molar-refractivity contribution is -0.163. The second-order valence-corrected chi connectivity index (χ2v) is 8.66. The van der Waals surface area contributed by atoms with Gasteiger partial charge in [-0.2, -0.15) is 0 Å². The highest BCUT2D eigenvalue weighted by molar-refractivity contribution is 5.98. The molecule has 0 bridgehead atoms. The normalized spacial score (nSPS) is 13.0. The SMILES string of the molecule is CC(Cc1cc(C(C)(C)C)c(O)c(C(C)(C)C)c1)(C(=O)O)C(=O)O. The summed E-state index contributed by atoms with van der Waals surface area (Å²) in [6.07, 6.45) is -0.149. The van der Waals surface area contributed by atoms with E-state index >= 15 is 0 Å². The van der Waals surface area contributed by atoms with Gasteiger partial charge in [-0.3, -0.25) is 9.59 Å². The van der Waals surface area contributed by atoms with Crippen molar-refractivity contribution < 1.29 is 24.9 Å². The fraction of sp³-hybridized carbons (Fsp3) is 0.579. The summed E-state index contributed by atoms with van der Waals surface area (Å²) in [5.74, 6) is -2.57. The number of hydrogen-bond acceptors (Lipinski definition) is 3. The molecule has 0 aromatic heterocycles. The number of rotatable bonds is 4. The van der Waals surface area contributed by atoms with Gasteiger partial charge in [0, 0.05) is 0 Å². The molecule has 0 atom stereocenters. The minimum Gasteiger partial charge on any atom is -0.507 e. The van der Waals surface area contributed by atoms with Crippen LogP contribution >= 0.6 is 0 Å². The van der Waals surface area contributed by atoms with E-state index in [4.69, 9.17) is 0 Å². The van der Waals surface area contributed by atoms with Gasteiger partial charge in [0.1, 0.15) is 5.75 Å². The van der Waals surface area contributed by atoms with E-state index in [1.165, 1.54) is 6.92 Å². The number of hydrogen-bond donors (Lipinski definition) is 3. The highest BCUT2D eigenvalue weighted by Gasteiger charge is 2.42. The van der Waals surface area contributed by atoms with Crippen LogP contribution in [0.15, 0.2) is 12.1 Å². The molecule has 1 aromatic carbocycles. The number of benzene rings is 1. The van der Waals surface area contributed by atoms with Crippen molar-refractivity contribution in [2.24, 2.45) is 5.41 Å². The molecule has 0 heterocycles. The van der Waals surface area contributed by atoms with Crippen LogP contribution in [0, 0.1) is 5.41 Å². The first-order valence-electron chi connectivity index (χ1n) is 7.94. The molecule has 134 valence electrons. The Morgan fingerprint density at radius 2 is 1.17 bits per heavy atom. The molecule has 3 N–H and O–H groups in total.